The predicted molar refractivity (Wildman–Crippen MR) is 95.5 cm³/mol. The third-order valence-corrected chi connectivity index (χ3v) is 4.57. The summed E-state index contributed by atoms with van der Waals surface area (Å²) < 4.78 is 5.77. The fourth-order valence-electron chi connectivity index (χ4n) is 3.21. The van der Waals surface area contributed by atoms with Gasteiger partial charge in [0.15, 0.2) is 5.76 Å². The van der Waals surface area contributed by atoms with Crippen LogP contribution in [0.3, 0.4) is 0 Å². The fraction of sp³-hybridized carbons (Fsp3) is 0.250. The van der Waals surface area contributed by atoms with Crippen molar-refractivity contribution in [1.82, 2.24) is 4.90 Å². The maximum Gasteiger partial charge on any atom is 0.289 e. The quantitative estimate of drug-likeness (QED) is 0.722. The summed E-state index contributed by atoms with van der Waals surface area (Å²) in [4.78, 5) is 16.9. The first-order valence-corrected chi connectivity index (χ1v) is 8.30. The van der Waals surface area contributed by atoms with Crippen molar-refractivity contribution in [3.63, 3.8) is 0 Å². The number of rotatable bonds is 2. The third-order valence-electron chi connectivity index (χ3n) is 4.57. The number of carbonyl (C=O) groups excluding carboxylic acids is 1. The summed E-state index contributed by atoms with van der Waals surface area (Å²) >= 11 is 0. The molecule has 0 N–H and O–H groups in total. The normalized spacial score (nSPS) is 15.0. The smallest absolute Gasteiger partial charge is 0.289 e. The Morgan fingerprint density at radius 2 is 1.71 bits per heavy atom. The molecule has 1 aromatic heterocycles. The molecule has 24 heavy (non-hydrogen) atoms. The Labute approximate surface area is 141 Å². The summed E-state index contributed by atoms with van der Waals surface area (Å²) in [5.74, 6) is 0.417. The lowest BCUT2D eigenvalue weighted by Gasteiger charge is -2.35. The first-order valence-electron chi connectivity index (χ1n) is 8.30. The van der Waals surface area contributed by atoms with Gasteiger partial charge in [0.05, 0.1) is 0 Å². The van der Waals surface area contributed by atoms with E-state index < -0.39 is 0 Å². The Bertz CT molecular complexity index is 862. The van der Waals surface area contributed by atoms with Gasteiger partial charge in [-0.05, 0) is 36.8 Å². The van der Waals surface area contributed by atoms with Crippen molar-refractivity contribution in [2.24, 2.45) is 0 Å². The van der Waals surface area contributed by atoms with Crippen molar-refractivity contribution in [2.75, 3.05) is 31.1 Å². The van der Waals surface area contributed by atoms with Gasteiger partial charge in [0.25, 0.3) is 5.91 Å². The van der Waals surface area contributed by atoms with Gasteiger partial charge in [0.2, 0.25) is 0 Å². The van der Waals surface area contributed by atoms with Crippen LogP contribution in [0.15, 0.2) is 59.0 Å². The van der Waals surface area contributed by atoms with Crippen LogP contribution in [0.25, 0.3) is 11.0 Å². The molecule has 0 atom stereocenters. The molecule has 0 radical (unpaired) electrons. The zero-order chi connectivity index (χ0) is 16.5. The second-order valence-electron chi connectivity index (χ2n) is 6.27. The zero-order valence-corrected chi connectivity index (χ0v) is 13.7. The van der Waals surface area contributed by atoms with E-state index in [1.165, 1.54) is 5.69 Å². The number of benzene rings is 2. The summed E-state index contributed by atoms with van der Waals surface area (Å²) in [7, 11) is 0. The van der Waals surface area contributed by atoms with Gasteiger partial charge < -0.3 is 14.2 Å². The summed E-state index contributed by atoms with van der Waals surface area (Å²) in [5.41, 5.74) is 3.12. The molecule has 122 valence electrons. The SMILES string of the molecule is Cc1ccc2cc(C(=O)N3CCN(c4ccccc4)CC3)oc2c1. The highest BCUT2D eigenvalue weighted by atomic mass is 16.3. The number of nitrogens with zero attached hydrogens (tertiary/aromatic N) is 2. The number of aryl methyl sites for hydroxylation is 1. The van der Waals surface area contributed by atoms with Gasteiger partial charge in [-0.1, -0.05) is 30.3 Å². The molecule has 1 amide bonds. The lowest BCUT2D eigenvalue weighted by Crippen LogP contribution is -2.48. The minimum atomic E-state index is -0.0171. The highest BCUT2D eigenvalue weighted by Crippen LogP contribution is 2.23. The maximum absolute atomic E-state index is 12.7. The standard InChI is InChI=1S/C20H20N2O2/c1-15-7-8-16-14-19(24-18(16)13-15)20(23)22-11-9-21(10-12-22)17-5-3-2-4-6-17/h2-8,13-14H,9-12H2,1H3. The van der Waals surface area contributed by atoms with Crippen molar-refractivity contribution >= 4 is 22.6 Å². The van der Waals surface area contributed by atoms with Crippen molar-refractivity contribution in [1.29, 1.82) is 0 Å². The molecule has 2 heterocycles. The van der Waals surface area contributed by atoms with Crippen LogP contribution in [-0.2, 0) is 0 Å². The van der Waals surface area contributed by atoms with Crippen LogP contribution in [0.4, 0.5) is 5.69 Å². The largest absolute Gasteiger partial charge is 0.451 e. The first kappa shape index (κ1) is 14.8. The van der Waals surface area contributed by atoms with E-state index >= 15 is 0 Å². The van der Waals surface area contributed by atoms with Crippen molar-refractivity contribution in [2.45, 2.75) is 6.92 Å². The van der Waals surface area contributed by atoms with Crippen LogP contribution in [0.2, 0.25) is 0 Å². The number of para-hydroxylation sites is 1. The van der Waals surface area contributed by atoms with Gasteiger partial charge in [0, 0.05) is 37.3 Å². The van der Waals surface area contributed by atoms with E-state index in [4.69, 9.17) is 4.42 Å². The third kappa shape index (κ3) is 2.75. The minimum absolute atomic E-state index is 0.0171. The van der Waals surface area contributed by atoms with Gasteiger partial charge >= 0.3 is 0 Å². The molecule has 1 aliphatic heterocycles. The van der Waals surface area contributed by atoms with Crippen molar-refractivity contribution < 1.29 is 9.21 Å². The summed E-state index contributed by atoms with van der Waals surface area (Å²) in [5, 5.41) is 0.979. The predicted octanol–water partition coefficient (Wildman–Crippen LogP) is 3.70. The Kier molecular flexibility index (Phi) is 3.73. The Morgan fingerprint density at radius 3 is 2.46 bits per heavy atom. The van der Waals surface area contributed by atoms with Gasteiger partial charge in [-0.15, -0.1) is 0 Å². The van der Waals surface area contributed by atoms with E-state index in [1.807, 2.05) is 54.3 Å². The molecule has 4 nitrogen and oxygen atoms in total. The van der Waals surface area contributed by atoms with E-state index in [1.54, 1.807) is 0 Å². The topological polar surface area (TPSA) is 36.7 Å². The van der Waals surface area contributed by atoms with Gasteiger partial charge in [-0.2, -0.15) is 0 Å². The number of furan rings is 1. The number of hydrogen-bond acceptors (Lipinski definition) is 3. The average molecular weight is 320 g/mol. The number of amides is 1. The number of carbonyl (C=O) groups is 1. The van der Waals surface area contributed by atoms with Crippen LogP contribution in [0, 0.1) is 6.92 Å². The highest BCUT2D eigenvalue weighted by Gasteiger charge is 2.24. The number of piperazine rings is 1. The van der Waals surface area contributed by atoms with Crippen LogP contribution in [0.1, 0.15) is 16.1 Å². The molecule has 0 saturated carbocycles. The molecule has 0 spiro atoms. The maximum atomic E-state index is 12.7. The van der Waals surface area contributed by atoms with Crippen LogP contribution in [-0.4, -0.2) is 37.0 Å². The van der Waals surface area contributed by atoms with Crippen LogP contribution >= 0.6 is 0 Å². The van der Waals surface area contributed by atoms with Crippen LogP contribution in [0.5, 0.6) is 0 Å². The molecule has 0 unspecified atom stereocenters. The Morgan fingerprint density at radius 1 is 0.958 bits per heavy atom. The van der Waals surface area contributed by atoms with E-state index in [9.17, 15) is 4.79 Å². The molecule has 1 saturated heterocycles. The molecule has 2 aromatic carbocycles. The molecule has 1 fully saturated rings. The zero-order valence-electron chi connectivity index (χ0n) is 13.7. The van der Waals surface area contributed by atoms with Gasteiger partial charge in [0.1, 0.15) is 5.58 Å². The first-order chi connectivity index (χ1) is 11.7. The molecular formula is C20H20N2O2. The Hall–Kier alpha value is -2.75. The number of anilines is 1. The molecule has 0 bridgehead atoms. The highest BCUT2D eigenvalue weighted by molar-refractivity contribution is 5.96. The number of fused-ring (bicyclic) bond motifs is 1. The Balaban J connectivity index is 1.47. The van der Waals surface area contributed by atoms with Gasteiger partial charge in [-0.25, -0.2) is 0 Å². The van der Waals surface area contributed by atoms with E-state index in [0.717, 1.165) is 29.6 Å². The summed E-state index contributed by atoms with van der Waals surface area (Å²) in [6, 6.07) is 18.2. The van der Waals surface area contributed by atoms with Crippen molar-refractivity contribution in [3.8, 4) is 0 Å². The molecule has 0 aliphatic carbocycles. The number of hydrogen-bond donors (Lipinski definition) is 0. The van der Waals surface area contributed by atoms with Crippen LogP contribution < -0.4 is 4.90 Å². The van der Waals surface area contributed by atoms with Crippen molar-refractivity contribution in [3.05, 3.63) is 65.9 Å². The molecule has 3 aromatic rings. The fourth-order valence-corrected chi connectivity index (χ4v) is 3.21. The average Bonchev–Trinajstić information content (AvgIpc) is 3.05. The lowest BCUT2D eigenvalue weighted by molar-refractivity contribution is 0.0717. The van der Waals surface area contributed by atoms with E-state index in [2.05, 4.69) is 17.0 Å². The minimum Gasteiger partial charge on any atom is -0.451 e. The summed E-state index contributed by atoms with van der Waals surface area (Å²) in [6.45, 7) is 5.13. The monoisotopic (exact) mass is 320 g/mol. The van der Waals surface area contributed by atoms with E-state index in [-0.39, 0.29) is 5.91 Å². The molecule has 4 rings (SSSR count). The summed E-state index contributed by atoms with van der Waals surface area (Å²) in [6.07, 6.45) is 0. The molecule has 4 heteroatoms. The lowest BCUT2D eigenvalue weighted by atomic mass is 10.2. The molecule has 1 aliphatic rings. The second-order valence-corrected chi connectivity index (χ2v) is 6.27. The molecular weight excluding hydrogens is 300 g/mol. The van der Waals surface area contributed by atoms with Gasteiger partial charge in [-0.3, -0.25) is 4.79 Å². The second kappa shape index (κ2) is 6.04. The van der Waals surface area contributed by atoms with E-state index in [0.29, 0.717) is 18.8 Å².